The molecule has 0 aliphatic rings. The maximum absolute atomic E-state index is 10.8. The average Bonchev–Trinajstić information content (AvgIpc) is 2.70. The second kappa shape index (κ2) is 3.06. The molecule has 0 aliphatic heterocycles. The molecule has 2 N–H and O–H groups in total. The van der Waals surface area contributed by atoms with Gasteiger partial charge >= 0.3 is 5.97 Å². The number of H-pyrrole nitrogens is 1. The zero-order valence-corrected chi connectivity index (χ0v) is 7.57. The fourth-order valence-electron chi connectivity index (χ4n) is 1.34. The van der Waals surface area contributed by atoms with E-state index in [0.717, 1.165) is 0 Å². The number of aromatic nitrogens is 1. The van der Waals surface area contributed by atoms with Gasteiger partial charge in [0.15, 0.2) is 0 Å². The van der Waals surface area contributed by atoms with Crippen LogP contribution < -0.4 is 0 Å². The molecule has 0 spiro atoms. The van der Waals surface area contributed by atoms with Crippen LogP contribution in [0.1, 0.15) is 16.1 Å². The summed E-state index contributed by atoms with van der Waals surface area (Å²) in [5.41, 5.74) is 1.59. The van der Waals surface area contributed by atoms with E-state index in [-0.39, 0.29) is 5.56 Å². The molecule has 72 valence electrons. The summed E-state index contributed by atoms with van der Waals surface area (Å²) in [6, 6.07) is 5.10. The van der Waals surface area contributed by atoms with Crippen molar-refractivity contribution >= 4 is 5.97 Å². The zero-order valence-electron chi connectivity index (χ0n) is 7.57. The molecule has 0 saturated heterocycles. The van der Waals surface area contributed by atoms with Crippen LogP contribution in [0.5, 0.6) is 0 Å². The van der Waals surface area contributed by atoms with E-state index in [1.165, 1.54) is 0 Å². The lowest BCUT2D eigenvalue weighted by atomic mass is 10.2. The Morgan fingerprint density at radius 3 is 2.86 bits per heavy atom. The van der Waals surface area contributed by atoms with Crippen LogP contribution in [0.2, 0.25) is 0 Å². The van der Waals surface area contributed by atoms with E-state index < -0.39 is 5.97 Å². The summed E-state index contributed by atoms with van der Waals surface area (Å²) in [5, 5.41) is 8.83. The molecule has 0 amide bonds. The predicted octanol–water partition coefficient (Wildman–Crippen LogP) is 2.28. The molecule has 0 fully saturated rings. The first kappa shape index (κ1) is 8.62. The monoisotopic (exact) mass is 191 g/mol. The minimum Gasteiger partial charge on any atom is -0.478 e. The van der Waals surface area contributed by atoms with E-state index in [9.17, 15) is 4.79 Å². The molecule has 2 heterocycles. The van der Waals surface area contributed by atoms with Crippen molar-refractivity contribution in [1.29, 1.82) is 0 Å². The number of hydrogen-bond acceptors (Lipinski definition) is 2. The molecule has 0 atom stereocenters. The van der Waals surface area contributed by atoms with Crippen molar-refractivity contribution in [3.8, 4) is 11.5 Å². The number of aromatic amines is 1. The first-order valence-corrected chi connectivity index (χ1v) is 4.15. The molecule has 14 heavy (non-hydrogen) atoms. The van der Waals surface area contributed by atoms with Gasteiger partial charge in [-0.3, -0.25) is 0 Å². The van der Waals surface area contributed by atoms with Crippen LogP contribution in [0, 0.1) is 6.92 Å². The molecule has 0 aliphatic carbocycles. The van der Waals surface area contributed by atoms with E-state index in [1.807, 2.05) is 0 Å². The van der Waals surface area contributed by atoms with Crippen LogP contribution in [0.25, 0.3) is 11.5 Å². The van der Waals surface area contributed by atoms with Crippen molar-refractivity contribution in [1.82, 2.24) is 4.98 Å². The first-order valence-electron chi connectivity index (χ1n) is 4.15. The molecule has 0 radical (unpaired) electrons. The molecule has 0 bridgehead atoms. The third-order valence-electron chi connectivity index (χ3n) is 2.03. The molecule has 2 aromatic heterocycles. The molecule has 4 heteroatoms. The average molecular weight is 191 g/mol. The highest BCUT2D eigenvalue weighted by molar-refractivity contribution is 5.90. The van der Waals surface area contributed by atoms with E-state index in [0.29, 0.717) is 17.1 Å². The van der Waals surface area contributed by atoms with Crippen molar-refractivity contribution in [2.45, 2.75) is 6.92 Å². The van der Waals surface area contributed by atoms with Gasteiger partial charge in [-0.05, 0) is 25.1 Å². The Balaban J connectivity index is 2.48. The minimum atomic E-state index is -0.934. The maximum atomic E-state index is 10.8. The van der Waals surface area contributed by atoms with Crippen LogP contribution in [0.15, 0.2) is 28.9 Å². The Morgan fingerprint density at radius 2 is 2.36 bits per heavy atom. The molecule has 2 rings (SSSR count). The lowest BCUT2D eigenvalue weighted by molar-refractivity contribution is 0.0696. The molecule has 0 saturated carbocycles. The smallest absolute Gasteiger partial charge is 0.337 e. The molecule has 4 nitrogen and oxygen atoms in total. The molecule has 2 aromatic rings. The van der Waals surface area contributed by atoms with Crippen LogP contribution in [0.3, 0.4) is 0 Å². The largest absolute Gasteiger partial charge is 0.478 e. The van der Waals surface area contributed by atoms with Gasteiger partial charge in [-0.25, -0.2) is 4.79 Å². The fourth-order valence-corrected chi connectivity index (χ4v) is 1.34. The van der Waals surface area contributed by atoms with Gasteiger partial charge in [0.05, 0.1) is 17.5 Å². The van der Waals surface area contributed by atoms with Gasteiger partial charge in [-0.15, -0.1) is 0 Å². The topological polar surface area (TPSA) is 66.2 Å². The quantitative estimate of drug-likeness (QED) is 0.765. The van der Waals surface area contributed by atoms with Gasteiger partial charge in [0.25, 0.3) is 0 Å². The number of hydrogen-bond donors (Lipinski definition) is 2. The normalized spacial score (nSPS) is 10.4. The zero-order chi connectivity index (χ0) is 10.1. The number of aromatic carboxylic acids is 1. The molecular weight excluding hydrogens is 182 g/mol. The Kier molecular flexibility index (Phi) is 1.89. The second-order valence-corrected chi connectivity index (χ2v) is 3.00. The molecule has 0 unspecified atom stereocenters. The summed E-state index contributed by atoms with van der Waals surface area (Å²) in [4.78, 5) is 13.7. The van der Waals surface area contributed by atoms with E-state index >= 15 is 0 Å². The minimum absolute atomic E-state index is 0.274. The number of aryl methyl sites for hydroxylation is 1. The summed E-state index contributed by atoms with van der Waals surface area (Å²) >= 11 is 0. The van der Waals surface area contributed by atoms with Crippen LogP contribution in [-0.4, -0.2) is 16.1 Å². The van der Waals surface area contributed by atoms with Crippen LogP contribution in [-0.2, 0) is 0 Å². The summed E-state index contributed by atoms with van der Waals surface area (Å²) in [5.74, 6) is -0.294. The maximum Gasteiger partial charge on any atom is 0.337 e. The highest BCUT2D eigenvalue weighted by atomic mass is 16.4. The van der Waals surface area contributed by atoms with Gasteiger partial charge in [0, 0.05) is 5.69 Å². The van der Waals surface area contributed by atoms with Crippen LogP contribution in [0.4, 0.5) is 0 Å². The number of carboxylic acids is 1. The highest BCUT2D eigenvalue weighted by Gasteiger charge is 2.12. The Bertz CT molecular complexity index is 454. The van der Waals surface area contributed by atoms with Crippen LogP contribution >= 0.6 is 0 Å². The summed E-state index contributed by atoms with van der Waals surface area (Å²) in [7, 11) is 0. The summed E-state index contributed by atoms with van der Waals surface area (Å²) in [6.07, 6.45) is 1.55. The van der Waals surface area contributed by atoms with Crippen molar-refractivity contribution in [3.63, 3.8) is 0 Å². The van der Waals surface area contributed by atoms with E-state index in [1.54, 1.807) is 31.4 Å². The van der Waals surface area contributed by atoms with Crippen molar-refractivity contribution in [3.05, 3.63) is 35.7 Å². The van der Waals surface area contributed by atoms with Crippen molar-refractivity contribution in [2.75, 3.05) is 0 Å². The number of rotatable bonds is 2. The number of carbonyl (C=O) groups is 1. The van der Waals surface area contributed by atoms with Gasteiger partial charge in [-0.2, -0.15) is 0 Å². The Labute approximate surface area is 80.2 Å². The summed E-state index contributed by atoms with van der Waals surface area (Å²) in [6.45, 7) is 1.72. The van der Waals surface area contributed by atoms with E-state index in [2.05, 4.69) is 4.98 Å². The van der Waals surface area contributed by atoms with Crippen molar-refractivity contribution in [2.24, 2.45) is 0 Å². The Hall–Kier alpha value is -1.97. The summed E-state index contributed by atoms with van der Waals surface area (Å²) < 4.78 is 5.14. The van der Waals surface area contributed by atoms with Gasteiger partial charge in [0.1, 0.15) is 5.76 Å². The number of nitrogens with one attached hydrogen (secondary N) is 1. The highest BCUT2D eigenvalue weighted by Crippen LogP contribution is 2.21. The number of carboxylic acid groups (broad SMARTS) is 1. The predicted molar refractivity (Wildman–Crippen MR) is 50.2 cm³/mol. The lowest BCUT2D eigenvalue weighted by Crippen LogP contribution is -1.95. The first-order chi connectivity index (χ1) is 6.68. The van der Waals surface area contributed by atoms with Gasteiger partial charge in [-0.1, -0.05) is 0 Å². The van der Waals surface area contributed by atoms with Crippen molar-refractivity contribution < 1.29 is 14.3 Å². The second-order valence-electron chi connectivity index (χ2n) is 3.00. The SMILES string of the molecule is Cc1[nH]c(-c2ccco2)cc1C(=O)O. The Morgan fingerprint density at radius 1 is 1.57 bits per heavy atom. The van der Waals surface area contributed by atoms with Gasteiger partial charge in [0.2, 0.25) is 0 Å². The third kappa shape index (κ3) is 1.31. The van der Waals surface area contributed by atoms with Gasteiger partial charge < -0.3 is 14.5 Å². The lowest BCUT2D eigenvalue weighted by Gasteiger charge is -1.88. The number of furan rings is 1. The fraction of sp³-hybridized carbons (Fsp3) is 0.100. The third-order valence-corrected chi connectivity index (χ3v) is 2.03. The molecule has 0 aromatic carbocycles. The van der Waals surface area contributed by atoms with E-state index in [4.69, 9.17) is 9.52 Å². The molecular formula is C10H9NO3. The standard InChI is InChI=1S/C10H9NO3/c1-6-7(10(12)13)5-8(11-6)9-3-2-4-14-9/h2-5,11H,1H3,(H,12,13).